The molecule has 1 amide bonds. The van der Waals surface area contributed by atoms with E-state index in [1.165, 1.54) is 12.1 Å². The molecule has 3 N–H and O–H groups in total. The highest BCUT2D eigenvalue weighted by molar-refractivity contribution is 7.89. The van der Waals surface area contributed by atoms with Crippen molar-refractivity contribution in [1.82, 2.24) is 14.6 Å². The van der Waals surface area contributed by atoms with Gasteiger partial charge in [0.25, 0.3) is 0 Å². The van der Waals surface area contributed by atoms with Crippen molar-refractivity contribution in [3.63, 3.8) is 0 Å². The largest absolute Gasteiger partial charge is 0.389 e. The predicted octanol–water partition coefficient (Wildman–Crippen LogP) is 2.56. The number of carbonyl (C=O) groups is 1. The Kier molecular flexibility index (Phi) is 6.27. The molecule has 0 aliphatic rings. The second kappa shape index (κ2) is 9.12. The zero-order valence-corrected chi connectivity index (χ0v) is 18.5. The van der Waals surface area contributed by atoms with Crippen LogP contribution in [0.25, 0.3) is 21.8 Å². The van der Waals surface area contributed by atoms with Gasteiger partial charge in [-0.2, -0.15) is 0 Å². The third-order valence-corrected chi connectivity index (χ3v) is 6.78. The van der Waals surface area contributed by atoms with E-state index in [0.29, 0.717) is 6.54 Å². The number of amides is 1. The Morgan fingerprint density at radius 2 is 1.50 bits per heavy atom. The van der Waals surface area contributed by atoms with Gasteiger partial charge in [-0.25, -0.2) is 13.1 Å². The fourth-order valence-electron chi connectivity index (χ4n) is 3.73. The van der Waals surface area contributed by atoms with Crippen LogP contribution in [0.2, 0.25) is 0 Å². The molecule has 0 aliphatic carbocycles. The van der Waals surface area contributed by atoms with Gasteiger partial charge in [0.1, 0.15) is 0 Å². The predicted molar refractivity (Wildman–Crippen MR) is 125 cm³/mol. The van der Waals surface area contributed by atoms with Crippen LogP contribution >= 0.6 is 0 Å². The quantitative estimate of drug-likeness (QED) is 0.383. The summed E-state index contributed by atoms with van der Waals surface area (Å²) >= 11 is 0. The van der Waals surface area contributed by atoms with Crippen LogP contribution in [0.3, 0.4) is 0 Å². The van der Waals surface area contributed by atoms with Crippen molar-refractivity contribution in [1.29, 1.82) is 0 Å². The van der Waals surface area contributed by atoms with Gasteiger partial charge in [-0.05, 0) is 31.2 Å². The minimum Gasteiger partial charge on any atom is -0.389 e. The maximum absolute atomic E-state index is 12.3. The summed E-state index contributed by atoms with van der Waals surface area (Å²) in [6, 6.07) is 22.3. The van der Waals surface area contributed by atoms with E-state index in [2.05, 4.69) is 10.0 Å². The highest BCUT2D eigenvalue weighted by Crippen LogP contribution is 2.28. The molecular weight excluding hydrogens is 426 g/mol. The van der Waals surface area contributed by atoms with Crippen LogP contribution in [0.5, 0.6) is 0 Å². The van der Waals surface area contributed by atoms with E-state index in [0.717, 1.165) is 27.4 Å². The Morgan fingerprint density at radius 3 is 2.09 bits per heavy atom. The first-order chi connectivity index (χ1) is 15.3. The topological polar surface area (TPSA) is 100 Å². The molecule has 7 nitrogen and oxygen atoms in total. The van der Waals surface area contributed by atoms with Gasteiger partial charge >= 0.3 is 0 Å². The number of hydrogen-bond acceptors (Lipinski definition) is 4. The van der Waals surface area contributed by atoms with Crippen LogP contribution in [0.1, 0.15) is 5.56 Å². The van der Waals surface area contributed by atoms with Crippen molar-refractivity contribution in [2.45, 2.75) is 24.5 Å². The highest BCUT2D eigenvalue weighted by atomic mass is 32.2. The average molecular weight is 452 g/mol. The van der Waals surface area contributed by atoms with Crippen LogP contribution in [-0.2, 0) is 21.4 Å². The third kappa shape index (κ3) is 4.67. The van der Waals surface area contributed by atoms with E-state index in [1.807, 2.05) is 60.0 Å². The fraction of sp³-hybridized carbons (Fsp3) is 0.208. The van der Waals surface area contributed by atoms with Crippen molar-refractivity contribution in [3.8, 4) is 0 Å². The number of fused-ring (bicyclic) bond motifs is 3. The van der Waals surface area contributed by atoms with Crippen molar-refractivity contribution in [3.05, 3.63) is 78.4 Å². The molecule has 166 valence electrons. The second-order valence-corrected chi connectivity index (χ2v) is 9.51. The van der Waals surface area contributed by atoms with Gasteiger partial charge in [0.2, 0.25) is 15.9 Å². The van der Waals surface area contributed by atoms with Gasteiger partial charge < -0.3 is 15.0 Å². The van der Waals surface area contributed by atoms with Crippen LogP contribution in [0, 0.1) is 6.92 Å². The summed E-state index contributed by atoms with van der Waals surface area (Å²) in [6.45, 7) is 1.76. The number of aliphatic hydroxyl groups is 1. The number of hydrogen-bond donors (Lipinski definition) is 3. The minimum atomic E-state index is -3.78. The molecule has 8 heteroatoms. The molecule has 0 radical (unpaired) electrons. The normalized spacial score (nSPS) is 12.8. The van der Waals surface area contributed by atoms with Crippen LogP contribution in [0.4, 0.5) is 0 Å². The zero-order valence-electron chi connectivity index (χ0n) is 17.7. The molecule has 0 saturated heterocycles. The lowest BCUT2D eigenvalue weighted by molar-refractivity contribution is -0.120. The van der Waals surface area contributed by atoms with Crippen molar-refractivity contribution >= 4 is 37.7 Å². The van der Waals surface area contributed by atoms with Gasteiger partial charge in [0.05, 0.1) is 24.1 Å². The SMILES string of the molecule is Cc1ccc(S(=O)(=O)NCC(=O)NC[C@@H](O)Cn2c3ccccc3c3ccccc32)cc1. The molecule has 0 unspecified atom stereocenters. The number of benzene rings is 3. The smallest absolute Gasteiger partial charge is 0.241 e. The van der Waals surface area contributed by atoms with E-state index >= 15 is 0 Å². The van der Waals surface area contributed by atoms with Gasteiger partial charge in [-0.3, -0.25) is 4.79 Å². The molecule has 1 atom stereocenters. The van der Waals surface area contributed by atoms with Crippen molar-refractivity contribution in [2.75, 3.05) is 13.1 Å². The molecule has 1 heterocycles. The summed E-state index contributed by atoms with van der Waals surface area (Å²) < 4.78 is 28.9. The van der Waals surface area contributed by atoms with Gasteiger partial charge in [0.15, 0.2) is 0 Å². The van der Waals surface area contributed by atoms with E-state index in [9.17, 15) is 18.3 Å². The molecule has 32 heavy (non-hydrogen) atoms. The molecule has 4 rings (SSSR count). The molecule has 0 aliphatic heterocycles. The van der Waals surface area contributed by atoms with E-state index in [1.54, 1.807) is 12.1 Å². The minimum absolute atomic E-state index is 0.00588. The molecule has 4 aromatic rings. The highest BCUT2D eigenvalue weighted by Gasteiger charge is 2.17. The first kappa shape index (κ1) is 22.0. The standard InChI is InChI=1S/C24H25N3O4S/c1-17-10-12-19(13-11-17)32(30,31)26-15-24(29)25-14-18(28)16-27-22-8-4-2-6-20(22)21-7-3-5-9-23(21)27/h2-13,18,26,28H,14-16H2,1H3,(H,25,29)/t18-/m1/s1. The zero-order chi connectivity index (χ0) is 22.7. The maximum atomic E-state index is 12.3. The number of carbonyl (C=O) groups excluding carboxylic acids is 1. The average Bonchev–Trinajstić information content (AvgIpc) is 3.10. The lowest BCUT2D eigenvalue weighted by Crippen LogP contribution is -2.40. The van der Waals surface area contributed by atoms with E-state index in [-0.39, 0.29) is 11.4 Å². The molecule has 0 spiro atoms. The number of rotatable bonds is 8. The molecule has 0 bridgehead atoms. The van der Waals surface area contributed by atoms with Gasteiger partial charge in [0, 0.05) is 28.4 Å². The Labute approximate surface area is 186 Å². The summed E-state index contributed by atoms with van der Waals surface area (Å²) in [5.74, 6) is -0.512. The third-order valence-electron chi connectivity index (χ3n) is 5.36. The first-order valence-electron chi connectivity index (χ1n) is 10.3. The van der Waals surface area contributed by atoms with E-state index < -0.39 is 28.6 Å². The molecule has 0 saturated carbocycles. The van der Waals surface area contributed by atoms with Crippen LogP contribution < -0.4 is 10.0 Å². The van der Waals surface area contributed by atoms with Gasteiger partial charge in [-0.1, -0.05) is 54.1 Å². The number of aliphatic hydroxyl groups excluding tert-OH is 1. The first-order valence-corrected chi connectivity index (χ1v) is 11.8. The monoisotopic (exact) mass is 451 g/mol. The lowest BCUT2D eigenvalue weighted by atomic mass is 10.2. The number of nitrogens with one attached hydrogen (secondary N) is 2. The molecule has 3 aromatic carbocycles. The number of nitrogens with zero attached hydrogens (tertiary/aromatic N) is 1. The molecule has 0 fully saturated rings. The number of aryl methyl sites for hydroxylation is 1. The van der Waals surface area contributed by atoms with Crippen LogP contribution in [0.15, 0.2) is 77.7 Å². The molecular formula is C24H25N3O4S. The number of aromatic nitrogens is 1. The van der Waals surface area contributed by atoms with E-state index in [4.69, 9.17) is 0 Å². The molecule has 1 aromatic heterocycles. The second-order valence-electron chi connectivity index (χ2n) is 7.74. The summed E-state index contributed by atoms with van der Waals surface area (Å²) in [7, 11) is -3.78. The Bertz CT molecular complexity index is 1310. The maximum Gasteiger partial charge on any atom is 0.241 e. The van der Waals surface area contributed by atoms with Crippen molar-refractivity contribution in [2.24, 2.45) is 0 Å². The Morgan fingerprint density at radius 1 is 0.938 bits per heavy atom. The summed E-state index contributed by atoms with van der Waals surface area (Å²) in [6.07, 6.45) is -0.841. The summed E-state index contributed by atoms with van der Waals surface area (Å²) in [5, 5.41) is 15.3. The fourth-order valence-corrected chi connectivity index (χ4v) is 4.71. The number of para-hydroxylation sites is 2. The summed E-state index contributed by atoms with van der Waals surface area (Å²) in [5.41, 5.74) is 2.95. The van der Waals surface area contributed by atoms with Crippen LogP contribution in [-0.4, -0.2) is 43.2 Å². The Balaban J connectivity index is 1.36. The van der Waals surface area contributed by atoms with Gasteiger partial charge in [-0.15, -0.1) is 0 Å². The lowest BCUT2D eigenvalue weighted by Gasteiger charge is -2.15. The number of sulfonamides is 1. The summed E-state index contributed by atoms with van der Waals surface area (Å²) in [4.78, 5) is 12.3. The Hall–Kier alpha value is -3.20. The van der Waals surface area contributed by atoms with Crippen molar-refractivity contribution < 1.29 is 18.3 Å².